The lowest BCUT2D eigenvalue weighted by molar-refractivity contribution is 0.0167. The van der Waals surface area contributed by atoms with Gasteiger partial charge in [0.25, 0.3) is 0 Å². The molecule has 3 heteroatoms. The van der Waals surface area contributed by atoms with Gasteiger partial charge in [-0.2, -0.15) is 0 Å². The summed E-state index contributed by atoms with van der Waals surface area (Å²) in [6, 6.07) is 3.98. The molecule has 15 heavy (non-hydrogen) atoms. The first kappa shape index (κ1) is 10.6. The number of rotatable bonds is 2. The molecule has 1 aliphatic heterocycles. The van der Waals surface area contributed by atoms with Crippen LogP contribution >= 0.6 is 0 Å². The van der Waals surface area contributed by atoms with E-state index in [9.17, 15) is 5.11 Å². The van der Waals surface area contributed by atoms with E-state index < -0.39 is 5.60 Å². The molecule has 0 bridgehead atoms. The summed E-state index contributed by atoms with van der Waals surface area (Å²) in [6.07, 6.45) is 4.44. The van der Waals surface area contributed by atoms with E-state index >= 15 is 0 Å². The Morgan fingerprint density at radius 1 is 1.60 bits per heavy atom. The van der Waals surface area contributed by atoms with E-state index in [2.05, 4.69) is 16.4 Å². The van der Waals surface area contributed by atoms with E-state index in [0.29, 0.717) is 13.0 Å². The Labute approximate surface area is 90.5 Å². The SMILES string of the molecule is Cc1ncccc1CC1(O)CCCNC1. The summed E-state index contributed by atoms with van der Waals surface area (Å²) in [4.78, 5) is 4.24. The molecule has 1 aliphatic rings. The van der Waals surface area contributed by atoms with E-state index in [1.807, 2.05) is 13.0 Å². The van der Waals surface area contributed by atoms with Crippen LogP contribution in [-0.4, -0.2) is 28.8 Å². The summed E-state index contributed by atoms with van der Waals surface area (Å²) in [5.74, 6) is 0. The molecule has 0 aromatic carbocycles. The van der Waals surface area contributed by atoms with Gasteiger partial charge < -0.3 is 10.4 Å². The number of aromatic nitrogens is 1. The van der Waals surface area contributed by atoms with Crippen LogP contribution in [-0.2, 0) is 6.42 Å². The van der Waals surface area contributed by atoms with Crippen LogP contribution in [0, 0.1) is 6.92 Å². The van der Waals surface area contributed by atoms with Crippen LogP contribution in [0.2, 0.25) is 0 Å². The number of β-amino-alcohol motifs (C(OH)–C–C–N with tert-alkyl or cyclic N) is 1. The van der Waals surface area contributed by atoms with Crippen molar-refractivity contribution in [2.45, 2.75) is 31.8 Å². The third-order valence-electron chi connectivity index (χ3n) is 3.09. The fourth-order valence-corrected chi connectivity index (χ4v) is 2.16. The average Bonchev–Trinajstić information content (AvgIpc) is 2.22. The van der Waals surface area contributed by atoms with Crippen molar-refractivity contribution in [1.29, 1.82) is 0 Å². The molecule has 0 aliphatic carbocycles. The average molecular weight is 206 g/mol. The van der Waals surface area contributed by atoms with Crippen molar-refractivity contribution in [2.75, 3.05) is 13.1 Å². The Kier molecular flexibility index (Phi) is 3.03. The van der Waals surface area contributed by atoms with Crippen molar-refractivity contribution >= 4 is 0 Å². The number of hydrogen-bond donors (Lipinski definition) is 2. The number of aryl methyl sites for hydroxylation is 1. The standard InChI is InChI=1S/C12H18N2O/c1-10-11(4-2-7-14-10)8-12(15)5-3-6-13-9-12/h2,4,7,13,15H,3,5-6,8-9H2,1H3. The summed E-state index contributed by atoms with van der Waals surface area (Å²) in [7, 11) is 0. The minimum Gasteiger partial charge on any atom is -0.388 e. The third kappa shape index (κ3) is 2.55. The van der Waals surface area contributed by atoms with Crippen molar-refractivity contribution in [1.82, 2.24) is 10.3 Å². The molecule has 1 fully saturated rings. The van der Waals surface area contributed by atoms with Gasteiger partial charge >= 0.3 is 0 Å². The fraction of sp³-hybridized carbons (Fsp3) is 0.583. The maximum Gasteiger partial charge on any atom is 0.0812 e. The smallest absolute Gasteiger partial charge is 0.0812 e. The van der Waals surface area contributed by atoms with Gasteiger partial charge in [-0.25, -0.2) is 0 Å². The van der Waals surface area contributed by atoms with Crippen molar-refractivity contribution < 1.29 is 5.11 Å². The third-order valence-corrected chi connectivity index (χ3v) is 3.09. The molecule has 3 nitrogen and oxygen atoms in total. The second-order valence-electron chi connectivity index (χ2n) is 4.43. The first-order valence-electron chi connectivity index (χ1n) is 5.53. The largest absolute Gasteiger partial charge is 0.388 e. The van der Waals surface area contributed by atoms with Crippen LogP contribution in [0.4, 0.5) is 0 Å². The van der Waals surface area contributed by atoms with Crippen LogP contribution in [0.15, 0.2) is 18.3 Å². The van der Waals surface area contributed by atoms with Crippen LogP contribution < -0.4 is 5.32 Å². The topological polar surface area (TPSA) is 45.2 Å². The molecule has 1 unspecified atom stereocenters. The molecule has 0 spiro atoms. The second-order valence-corrected chi connectivity index (χ2v) is 4.43. The molecule has 0 amide bonds. The molecular formula is C12H18N2O. The quantitative estimate of drug-likeness (QED) is 0.760. The zero-order chi connectivity index (χ0) is 10.7. The van der Waals surface area contributed by atoms with Crippen LogP contribution in [0.3, 0.4) is 0 Å². The normalized spacial score (nSPS) is 26.5. The summed E-state index contributed by atoms with van der Waals surface area (Å²) in [5, 5.41) is 13.6. The number of nitrogens with zero attached hydrogens (tertiary/aromatic N) is 1. The van der Waals surface area contributed by atoms with Crippen molar-refractivity contribution in [3.8, 4) is 0 Å². The van der Waals surface area contributed by atoms with Gasteiger partial charge in [0.2, 0.25) is 0 Å². The zero-order valence-corrected chi connectivity index (χ0v) is 9.16. The van der Waals surface area contributed by atoms with Crippen molar-refractivity contribution in [3.63, 3.8) is 0 Å². The second kappa shape index (κ2) is 4.29. The number of pyridine rings is 1. The lowest BCUT2D eigenvalue weighted by Crippen LogP contribution is -2.47. The molecule has 82 valence electrons. The highest BCUT2D eigenvalue weighted by atomic mass is 16.3. The molecule has 2 heterocycles. The van der Waals surface area contributed by atoms with Gasteiger partial charge in [0.15, 0.2) is 0 Å². The van der Waals surface area contributed by atoms with E-state index in [-0.39, 0.29) is 0 Å². The molecule has 1 atom stereocenters. The number of nitrogens with one attached hydrogen (secondary N) is 1. The highest BCUT2D eigenvalue weighted by Gasteiger charge is 2.29. The maximum atomic E-state index is 10.4. The fourth-order valence-electron chi connectivity index (χ4n) is 2.16. The van der Waals surface area contributed by atoms with Crippen LogP contribution in [0.25, 0.3) is 0 Å². The van der Waals surface area contributed by atoms with Gasteiger partial charge in [0.1, 0.15) is 0 Å². The van der Waals surface area contributed by atoms with Crippen LogP contribution in [0.1, 0.15) is 24.1 Å². The number of hydrogen-bond acceptors (Lipinski definition) is 3. The van der Waals surface area contributed by atoms with E-state index in [1.165, 1.54) is 0 Å². The first-order chi connectivity index (χ1) is 7.20. The summed E-state index contributed by atoms with van der Waals surface area (Å²) in [5.41, 5.74) is 1.60. The van der Waals surface area contributed by atoms with Gasteiger partial charge in [-0.15, -0.1) is 0 Å². The van der Waals surface area contributed by atoms with Crippen molar-refractivity contribution in [3.05, 3.63) is 29.6 Å². The van der Waals surface area contributed by atoms with Crippen LogP contribution in [0.5, 0.6) is 0 Å². The van der Waals surface area contributed by atoms with Gasteiger partial charge in [-0.1, -0.05) is 6.07 Å². The summed E-state index contributed by atoms with van der Waals surface area (Å²) in [6.45, 7) is 3.71. The Hall–Kier alpha value is -0.930. The molecule has 0 radical (unpaired) electrons. The molecule has 2 N–H and O–H groups in total. The molecular weight excluding hydrogens is 188 g/mol. The molecule has 1 aromatic rings. The summed E-state index contributed by atoms with van der Waals surface area (Å²) >= 11 is 0. The Balaban J connectivity index is 2.10. The van der Waals surface area contributed by atoms with Gasteiger partial charge in [0.05, 0.1) is 5.60 Å². The predicted molar refractivity (Wildman–Crippen MR) is 59.7 cm³/mol. The minimum absolute atomic E-state index is 0.577. The number of piperidine rings is 1. The first-order valence-corrected chi connectivity index (χ1v) is 5.53. The minimum atomic E-state index is -0.577. The lowest BCUT2D eigenvalue weighted by Gasteiger charge is -2.33. The van der Waals surface area contributed by atoms with Crippen molar-refractivity contribution in [2.24, 2.45) is 0 Å². The number of aliphatic hydroxyl groups is 1. The van der Waals surface area contributed by atoms with E-state index in [1.54, 1.807) is 6.20 Å². The highest BCUT2D eigenvalue weighted by Crippen LogP contribution is 2.22. The molecule has 1 aromatic heterocycles. The van der Waals surface area contributed by atoms with E-state index in [0.717, 1.165) is 30.6 Å². The monoisotopic (exact) mass is 206 g/mol. The van der Waals surface area contributed by atoms with Gasteiger partial charge in [0, 0.05) is 24.9 Å². The highest BCUT2D eigenvalue weighted by molar-refractivity contribution is 5.20. The summed E-state index contributed by atoms with van der Waals surface area (Å²) < 4.78 is 0. The maximum absolute atomic E-state index is 10.4. The molecule has 0 saturated carbocycles. The zero-order valence-electron chi connectivity index (χ0n) is 9.16. The Morgan fingerprint density at radius 3 is 3.13 bits per heavy atom. The molecule has 2 rings (SSSR count). The predicted octanol–water partition coefficient (Wildman–Crippen LogP) is 1.05. The Morgan fingerprint density at radius 2 is 2.47 bits per heavy atom. The van der Waals surface area contributed by atoms with Gasteiger partial charge in [-0.05, 0) is 37.9 Å². The molecule has 1 saturated heterocycles. The Bertz CT molecular complexity index is 332. The van der Waals surface area contributed by atoms with E-state index in [4.69, 9.17) is 0 Å². The lowest BCUT2D eigenvalue weighted by atomic mass is 9.87. The van der Waals surface area contributed by atoms with Gasteiger partial charge in [-0.3, -0.25) is 4.98 Å².